The van der Waals surface area contributed by atoms with Crippen molar-refractivity contribution in [2.75, 3.05) is 0 Å². The second kappa shape index (κ2) is 5.98. The van der Waals surface area contributed by atoms with E-state index in [1.807, 2.05) is 0 Å². The van der Waals surface area contributed by atoms with E-state index in [2.05, 4.69) is 68.2 Å². The van der Waals surface area contributed by atoms with Crippen molar-refractivity contribution in [3.05, 3.63) is 0 Å². The third kappa shape index (κ3) is 2.87. The fraction of sp³-hybridized carbons (Fsp3) is 0.833. The second-order valence-corrected chi connectivity index (χ2v) is 11.5. The number of hydrogen-bond acceptors (Lipinski definition) is 0. The molecular formula is C12H23BrSi. The minimum atomic E-state index is -1.25. The van der Waals surface area contributed by atoms with E-state index in [0.29, 0.717) is 0 Å². The highest BCUT2D eigenvalue weighted by molar-refractivity contribution is 9.12. The van der Waals surface area contributed by atoms with Gasteiger partial charge in [-0.25, -0.2) is 0 Å². The van der Waals surface area contributed by atoms with Crippen LogP contribution in [0.5, 0.6) is 0 Å². The van der Waals surface area contributed by atoms with Gasteiger partial charge in [-0.2, -0.15) is 0 Å². The van der Waals surface area contributed by atoms with Crippen molar-refractivity contribution in [1.82, 2.24) is 0 Å². The lowest BCUT2D eigenvalue weighted by Crippen LogP contribution is -2.43. The van der Waals surface area contributed by atoms with Crippen molar-refractivity contribution in [1.29, 1.82) is 0 Å². The summed E-state index contributed by atoms with van der Waals surface area (Å²) in [5.41, 5.74) is 2.45. The summed E-state index contributed by atoms with van der Waals surface area (Å²) in [5.74, 6) is 3.26. The Morgan fingerprint density at radius 3 is 1.50 bits per heavy atom. The van der Waals surface area contributed by atoms with E-state index >= 15 is 0 Å². The lowest BCUT2D eigenvalue weighted by molar-refractivity contribution is 0.813. The zero-order valence-electron chi connectivity index (χ0n) is 10.3. The largest absolute Gasteiger partial charge is 0.0938 e. The maximum atomic E-state index is 3.26. The van der Waals surface area contributed by atoms with Crippen LogP contribution < -0.4 is 0 Å². The van der Waals surface area contributed by atoms with Gasteiger partial charge < -0.3 is 0 Å². The molecule has 0 amide bonds. The summed E-state index contributed by atoms with van der Waals surface area (Å²) in [6, 6.07) is 1.13. The topological polar surface area (TPSA) is 0 Å². The van der Waals surface area contributed by atoms with E-state index in [9.17, 15) is 0 Å². The van der Waals surface area contributed by atoms with Gasteiger partial charge in [0.1, 0.15) is 0 Å². The molecule has 2 heteroatoms. The fourth-order valence-corrected chi connectivity index (χ4v) is 8.82. The highest BCUT2D eigenvalue weighted by Gasteiger charge is 2.41. The average molecular weight is 275 g/mol. The Morgan fingerprint density at radius 2 is 1.29 bits per heavy atom. The molecule has 82 valence electrons. The van der Waals surface area contributed by atoms with Gasteiger partial charge in [0.05, 0.1) is 8.07 Å². The zero-order valence-corrected chi connectivity index (χ0v) is 12.9. The number of rotatable bonds is 4. The first-order valence-corrected chi connectivity index (χ1v) is 8.71. The van der Waals surface area contributed by atoms with Crippen molar-refractivity contribution >= 4 is 24.0 Å². The smallest absolute Gasteiger partial charge is 0.0740 e. The van der Waals surface area contributed by atoms with Gasteiger partial charge in [-0.15, -0.1) is 0 Å². The summed E-state index contributed by atoms with van der Waals surface area (Å²) in [6.45, 7) is 14.3. The maximum absolute atomic E-state index is 3.26. The van der Waals surface area contributed by atoms with E-state index < -0.39 is 8.07 Å². The molecule has 0 saturated heterocycles. The van der Waals surface area contributed by atoms with Crippen LogP contribution in [0.3, 0.4) is 0 Å². The standard InChI is InChI=1S/C12H23BrSi/c1-10(2)14(11(3)4,12(5)6)9-7-8-13/h10-12H,9H2,1-6H3. The van der Waals surface area contributed by atoms with Gasteiger partial charge >= 0.3 is 0 Å². The lowest BCUT2D eigenvalue weighted by Gasteiger charge is -2.41. The Hall–Kier alpha value is 0.257. The molecule has 0 heterocycles. The molecule has 14 heavy (non-hydrogen) atoms. The molecule has 0 unspecified atom stereocenters. The molecule has 0 aromatic rings. The normalized spacial score (nSPS) is 12.1. The predicted molar refractivity (Wildman–Crippen MR) is 72.6 cm³/mol. The zero-order chi connectivity index (χ0) is 11.4. The van der Waals surface area contributed by atoms with Crippen LogP contribution in [0, 0.1) is 10.8 Å². The van der Waals surface area contributed by atoms with Crippen molar-refractivity contribution < 1.29 is 0 Å². The van der Waals surface area contributed by atoms with Crippen LogP contribution in [-0.2, 0) is 0 Å². The highest BCUT2D eigenvalue weighted by atomic mass is 79.9. The van der Waals surface area contributed by atoms with Crippen molar-refractivity contribution in [3.8, 4) is 10.8 Å². The lowest BCUT2D eigenvalue weighted by atomic mass is 10.5. The van der Waals surface area contributed by atoms with Gasteiger partial charge in [-0.1, -0.05) is 47.5 Å². The first-order chi connectivity index (χ1) is 6.39. The molecule has 0 aliphatic heterocycles. The Morgan fingerprint density at radius 1 is 0.929 bits per heavy atom. The van der Waals surface area contributed by atoms with E-state index in [0.717, 1.165) is 22.7 Å². The molecular weight excluding hydrogens is 252 g/mol. The molecule has 0 aliphatic carbocycles. The van der Waals surface area contributed by atoms with E-state index in [4.69, 9.17) is 0 Å². The van der Waals surface area contributed by atoms with Crippen LogP contribution in [0.25, 0.3) is 0 Å². The summed E-state index contributed by atoms with van der Waals surface area (Å²) >= 11 is 3.21. The van der Waals surface area contributed by atoms with Gasteiger partial charge in [0.15, 0.2) is 0 Å². The van der Waals surface area contributed by atoms with Crippen LogP contribution >= 0.6 is 15.9 Å². The summed E-state index contributed by atoms with van der Waals surface area (Å²) < 4.78 is 0. The molecule has 0 radical (unpaired) electrons. The fourth-order valence-electron chi connectivity index (χ4n) is 2.80. The first kappa shape index (κ1) is 14.3. The quantitative estimate of drug-likeness (QED) is 0.499. The molecule has 0 nitrogen and oxygen atoms in total. The van der Waals surface area contributed by atoms with Crippen molar-refractivity contribution in [2.24, 2.45) is 0 Å². The minimum Gasteiger partial charge on any atom is -0.0938 e. The van der Waals surface area contributed by atoms with Gasteiger partial charge in [0.2, 0.25) is 0 Å². The molecule has 0 rings (SSSR count). The molecule has 0 aliphatic rings. The van der Waals surface area contributed by atoms with Crippen molar-refractivity contribution in [2.45, 2.75) is 64.2 Å². The molecule has 0 N–H and O–H groups in total. The minimum absolute atomic E-state index is 0.816. The molecule has 0 aromatic carbocycles. The Balaban J connectivity index is 5.01. The van der Waals surface area contributed by atoms with Crippen LogP contribution in [0.4, 0.5) is 0 Å². The summed E-state index contributed by atoms with van der Waals surface area (Å²) in [5, 5.41) is 0. The monoisotopic (exact) mass is 274 g/mol. The number of hydrogen-bond donors (Lipinski definition) is 0. The van der Waals surface area contributed by atoms with Gasteiger partial charge in [-0.3, -0.25) is 0 Å². The highest BCUT2D eigenvalue weighted by Crippen LogP contribution is 2.43. The van der Waals surface area contributed by atoms with Crippen molar-refractivity contribution in [3.63, 3.8) is 0 Å². The summed E-state index contributed by atoms with van der Waals surface area (Å²) in [7, 11) is -1.25. The predicted octanol–water partition coefficient (Wildman–Crippen LogP) is 5.02. The second-order valence-electron chi connectivity index (χ2n) is 5.02. The van der Waals surface area contributed by atoms with Crippen LogP contribution in [0.15, 0.2) is 0 Å². The van der Waals surface area contributed by atoms with Crippen LogP contribution in [-0.4, -0.2) is 8.07 Å². The Kier molecular flexibility index (Phi) is 6.08. The molecule has 0 atom stereocenters. The van der Waals surface area contributed by atoms with Gasteiger partial charge in [0.25, 0.3) is 0 Å². The third-order valence-corrected chi connectivity index (χ3v) is 11.2. The molecule has 0 aromatic heterocycles. The molecule has 0 saturated carbocycles. The Labute approximate surface area is 99.0 Å². The third-order valence-electron chi connectivity index (χ3n) is 3.69. The van der Waals surface area contributed by atoms with Crippen LogP contribution in [0.1, 0.15) is 41.5 Å². The first-order valence-electron chi connectivity index (χ1n) is 5.48. The van der Waals surface area contributed by atoms with Gasteiger partial charge in [0, 0.05) is 22.0 Å². The maximum Gasteiger partial charge on any atom is 0.0740 e. The summed E-state index contributed by atoms with van der Waals surface area (Å²) in [4.78, 5) is 2.88. The van der Waals surface area contributed by atoms with E-state index in [-0.39, 0.29) is 0 Å². The Bertz CT molecular complexity index is 198. The average Bonchev–Trinajstić information content (AvgIpc) is 2.03. The molecule has 0 bridgehead atoms. The number of halogens is 1. The van der Waals surface area contributed by atoms with E-state index in [1.165, 1.54) is 0 Å². The molecule has 0 spiro atoms. The SMILES string of the molecule is CC(C)[Si](CC#CBr)(C(C)C)C(C)C. The van der Waals surface area contributed by atoms with Gasteiger partial charge in [-0.05, 0) is 21.5 Å². The summed E-state index contributed by atoms with van der Waals surface area (Å²) in [6.07, 6.45) is 0. The van der Waals surface area contributed by atoms with Crippen LogP contribution in [0.2, 0.25) is 22.7 Å². The van der Waals surface area contributed by atoms with E-state index in [1.54, 1.807) is 0 Å². The molecule has 0 fully saturated rings.